The van der Waals surface area contributed by atoms with Gasteiger partial charge in [-0.3, -0.25) is 4.98 Å². The van der Waals surface area contributed by atoms with Crippen LogP contribution in [0.25, 0.3) is 21.8 Å². The van der Waals surface area contributed by atoms with E-state index in [-0.39, 0.29) is 5.56 Å². The number of H-pyrrole nitrogens is 1. The lowest BCUT2D eigenvalue weighted by atomic mass is 10.1. The number of benzene rings is 1. The van der Waals surface area contributed by atoms with Crippen LogP contribution in [-0.4, -0.2) is 38.3 Å². The Labute approximate surface area is 126 Å². The van der Waals surface area contributed by atoms with E-state index in [1.807, 2.05) is 12.1 Å². The second-order valence-corrected chi connectivity index (χ2v) is 4.41. The number of aromatic carboxylic acids is 1. The number of aromatic nitrogens is 2. The summed E-state index contributed by atoms with van der Waals surface area (Å²) in [6.07, 6.45) is -1.63. The average molecular weight is 326 g/mol. The van der Waals surface area contributed by atoms with Crippen LogP contribution >= 0.6 is 0 Å². The summed E-state index contributed by atoms with van der Waals surface area (Å²) in [4.78, 5) is 26.9. The molecule has 0 saturated carbocycles. The highest BCUT2D eigenvalue weighted by molar-refractivity contribution is 6.08. The monoisotopic (exact) mass is 326 g/mol. The zero-order valence-electron chi connectivity index (χ0n) is 11.3. The molecule has 0 amide bonds. The molecule has 0 aliphatic carbocycles. The van der Waals surface area contributed by atoms with Crippen molar-refractivity contribution in [3.63, 3.8) is 0 Å². The Morgan fingerprint density at radius 3 is 2.22 bits per heavy atom. The van der Waals surface area contributed by atoms with E-state index in [1.54, 1.807) is 24.5 Å². The van der Waals surface area contributed by atoms with Crippen molar-refractivity contribution in [3.05, 3.63) is 42.2 Å². The standard InChI is InChI=1S/C12H8N2O2.C2HF3O2/c15-12(16)7-1-2-8-9-3-4-13-6-11(9)14-10(8)5-7;3-2(4,5)1(6)7/h1-6,14H,(H,15,16);(H,6,7). The number of nitrogens with zero attached hydrogens (tertiary/aromatic N) is 1. The maximum Gasteiger partial charge on any atom is 0.490 e. The van der Waals surface area contributed by atoms with Gasteiger partial charge in [0.25, 0.3) is 0 Å². The second-order valence-electron chi connectivity index (χ2n) is 4.41. The third-order valence-corrected chi connectivity index (χ3v) is 2.89. The molecule has 2 heterocycles. The van der Waals surface area contributed by atoms with Gasteiger partial charge >= 0.3 is 18.1 Å². The fourth-order valence-corrected chi connectivity index (χ4v) is 1.89. The van der Waals surface area contributed by atoms with Crippen LogP contribution in [-0.2, 0) is 4.79 Å². The fourth-order valence-electron chi connectivity index (χ4n) is 1.89. The molecule has 0 atom stereocenters. The van der Waals surface area contributed by atoms with Crippen molar-refractivity contribution < 1.29 is 33.0 Å². The van der Waals surface area contributed by atoms with Gasteiger partial charge in [0.05, 0.1) is 17.3 Å². The molecule has 3 aromatic rings. The molecule has 0 fully saturated rings. The molecular weight excluding hydrogens is 317 g/mol. The number of carboxylic acid groups (broad SMARTS) is 2. The number of rotatable bonds is 1. The molecule has 0 unspecified atom stereocenters. The Bertz CT molecular complexity index is 886. The predicted molar refractivity (Wildman–Crippen MR) is 74.2 cm³/mol. The van der Waals surface area contributed by atoms with Gasteiger partial charge in [-0.25, -0.2) is 9.59 Å². The largest absolute Gasteiger partial charge is 0.490 e. The quantitative estimate of drug-likeness (QED) is 0.638. The van der Waals surface area contributed by atoms with Crippen molar-refractivity contribution in [1.29, 1.82) is 0 Å². The van der Waals surface area contributed by atoms with Gasteiger partial charge in [0.2, 0.25) is 0 Å². The van der Waals surface area contributed by atoms with Gasteiger partial charge in [-0.2, -0.15) is 13.2 Å². The molecule has 120 valence electrons. The highest BCUT2D eigenvalue weighted by Crippen LogP contribution is 2.25. The molecule has 0 aliphatic rings. The molecular formula is C14H9F3N2O4. The number of hydrogen-bond donors (Lipinski definition) is 3. The van der Waals surface area contributed by atoms with Crippen LogP contribution in [0.3, 0.4) is 0 Å². The van der Waals surface area contributed by atoms with Gasteiger partial charge < -0.3 is 15.2 Å². The molecule has 0 aliphatic heterocycles. The predicted octanol–water partition coefficient (Wildman–Crippen LogP) is 3.05. The van der Waals surface area contributed by atoms with E-state index in [9.17, 15) is 18.0 Å². The van der Waals surface area contributed by atoms with E-state index < -0.39 is 18.1 Å². The lowest BCUT2D eigenvalue weighted by Gasteiger charge is -1.94. The van der Waals surface area contributed by atoms with Gasteiger partial charge in [-0.15, -0.1) is 0 Å². The first-order valence-corrected chi connectivity index (χ1v) is 6.09. The van der Waals surface area contributed by atoms with Crippen LogP contribution in [0, 0.1) is 0 Å². The first-order chi connectivity index (χ1) is 10.7. The molecule has 1 aromatic carbocycles. The fraction of sp³-hybridized carbons (Fsp3) is 0.0714. The summed E-state index contributed by atoms with van der Waals surface area (Å²) in [5.74, 6) is -3.67. The van der Waals surface area contributed by atoms with Crippen molar-refractivity contribution >= 4 is 33.7 Å². The molecule has 0 radical (unpaired) electrons. The zero-order chi connectivity index (χ0) is 17.2. The summed E-state index contributed by atoms with van der Waals surface area (Å²) in [5.41, 5.74) is 2.02. The minimum Gasteiger partial charge on any atom is -0.478 e. The van der Waals surface area contributed by atoms with E-state index >= 15 is 0 Å². The molecule has 2 aromatic heterocycles. The first kappa shape index (κ1) is 16.3. The Morgan fingerprint density at radius 2 is 1.65 bits per heavy atom. The number of carbonyl (C=O) groups is 2. The maximum absolute atomic E-state index is 10.8. The summed E-state index contributed by atoms with van der Waals surface area (Å²) in [6.45, 7) is 0. The van der Waals surface area contributed by atoms with Crippen LogP contribution in [0.15, 0.2) is 36.7 Å². The maximum atomic E-state index is 10.8. The molecule has 0 bridgehead atoms. The van der Waals surface area contributed by atoms with Crippen molar-refractivity contribution in [2.24, 2.45) is 0 Å². The molecule has 9 heteroatoms. The van der Waals surface area contributed by atoms with Gasteiger partial charge in [0.15, 0.2) is 0 Å². The number of fused-ring (bicyclic) bond motifs is 3. The van der Waals surface area contributed by atoms with Crippen LogP contribution < -0.4 is 0 Å². The van der Waals surface area contributed by atoms with Crippen molar-refractivity contribution in [1.82, 2.24) is 9.97 Å². The Balaban J connectivity index is 0.000000236. The number of alkyl halides is 3. The zero-order valence-corrected chi connectivity index (χ0v) is 11.3. The molecule has 3 rings (SSSR count). The third kappa shape index (κ3) is 3.57. The number of nitrogens with one attached hydrogen (secondary N) is 1. The van der Waals surface area contributed by atoms with Gasteiger partial charge in [0, 0.05) is 22.5 Å². The van der Waals surface area contributed by atoms with Crippen molar-refractivity contribution in [2.75, 3.05) is 0 Å². The Morgan fingerprint density at radius 1 is 1.04 bits per heavy atom. The number of aliphatic carboxylic acids is 1. The van der Waals surface area contributed by atoms with Crippen molar-refractivity contribution in [3.8, 4) is 0 Å². The normalized spacial score (nSPS) is 11.1. The molecule has 6 nitrogen and oxygen atoms in total. The number of halogens is 3. The van der Waals surface area contributed by atoms with Crippen molar-refractivity contribution in [2.45, 2.75) is 6.18 Å². The number of pyridine rings is 1. The summed E-state index contributed by atoms with van der Waals surface area (Å²) < 4.78 is 31.7. The topological polar surface area (TPSA) is 103 Å². The molecule has 0 spiro atoms. The average Bonchev–Trinajstić information content (AvgIpc) is 2.84. The SMILES string of the molecule is O=C(O)C(F)(F)F.O=C(O)c1ccc2c(c1)[nH]c1cnccc12. The van der Waals surface area contributed by atoms with E-state index in [1.165, 1.54) is 0 Å². The van der Waals surface area contributed by atoms with E-state index in [4.69, 9.17) is 15.0 Å². The number of carboxylic acids is 2. The highest BCUT2D eigenvalue weighted by Gasteiger charge is 2.38. The van der Waals surface area contributed by atoms with Gasteiger partial charge in [-0.05, 0) is 18.2 Å². The van der Waals surface area contributed by atoms with Crippen LogP contribution in [0.5, 0.6) is 0 Å². The summed E-state index contributed by atoms with van der Waals surface area (Å²) in [5, 5.41) is 18.1. The molecule has 0 saturated heterocycles. The number of hydrogen-bond acceptors (Lipinski definition) is 3. The smallest absolute Gasteiger partial charge is 0.478 e. The minimum absolute atomic E-state index is 0.284. The van der Waals surface area contributed by atoms with E-state index in [0.29, 0.717) is 0 Å². The first-order valence-electron chi connectivity index (χ1n) is 6.09. The third-order valence-electron chi connectivity index (χ3n) is 2.89. The summed E-state index contributed by atoms with van der Waals surface area (Å²) in [6, 6.07) is 6.97. The lowest BCUT2D eigenvalue weighted by molar-refractivity contribution is -0.192. The lowest BCUT2D eigenvalue weighted by Crippen LogP contribution is -2.21. The summed E-state index contributed by atoms with van der Waals surface area (Å²) in [7, 11) is 0. The van der Waals surface area contributed by atoms with Crippen LogP contribution in [0.4, 0.5) is 13.2 Å². The van der Waals surface area contributed by atoms with Gasteiger partial charge in [0.1, 0.15) is 0 Å². The van der Waals surface area contributed by atoms with Gasteiger partial charge in [-0.1, -0.05) is 6.07 Å². The molecule has 3 N–H and O–H groups in total. The highest BCUT2D eigenvalue weighted by atomic mass is 19.4. The molecule has 23 heavy (non-hydrogen) atoms. The second kappa shape index (κ2) is 5.95. The Kier molecular flexibility index (Phi) is 4.21. The Hall–Kier alpha value is -3.10. The minimum atomic E-state index is -5.08. The number of aromatic amines is 1. The van der Waals surface area contributed by atoms with E-state index in [2.05, 4.69) is 9.97 Å². The van der Waals surface area contributed by atoms with Crippen LogP contribution in [0.1, 0.15) is 10.4 Å². The van der Waals surface area contributed by atoms with E-state index in [0.717, 1.165) is 21.8 Å². The summed E-state index contributed by atoms with van der Waals surface area (Å²) >= 11 is 0. The van der Waals surface area contributed by atoms with Crippen LogP contribution in [0.2, 0.25) is 0 Å².